The van der Waals surface area contributed by atoms with E-state index in [1.54, 1.807) is 20.0 Å². The number of aromatic amines is 1. The maximum atomic E-state index is 12.5. The number of nitrogens with one attached hydrogen (secondary N) is 1. The predicted molar refractivity (Wildman–Crippen MR) is 89.3 cm³/mol. The molecule has 0 amide bonds. The van der Waals surface area contributed by atoms with Gasteiger partial charge in [-0.1, -0.05) is 11.8 Å². The molecule has 0 aliphatic carbocycles. The number of Topliss-reactive ketones (excluding diaryl/α,β-unsaturated/α-hetero) is 1. The second-order valence-electron chi connectivity index (χ2n) is 5.54. The highest BCUT2D eigenvalue weighted by atomic mass is 32.2. The van der Waals surface area contributed by atoms with E-state index in [9.17, 15) is 9.59 Å². The molecule has 1 N–H and O–H groups in total. The van der Waals surface area contributed by atoms with Crippen LogP contribution in [0.15, 0.2) is 17.6 Å². The number of rotatable bonds is 6. The Kier molecular flexibility index (Phi) is 5.30. The van der Waals surface area contributed by atoms with Gasteiger partial charge in [0.1, 0.15) is 0 Å². The van der Waals surface area contributed by atoms with Crippen LogP contribution in [-0.4, -0.2) is 39.2 Å². The van der Waals surface area contributed by atoms with E-state index in [-0.39, 0.29) is 17.6 Å². The number of ketones is 1. The van der Waals surface area contributed by atoms with Crippen LogP contribution >= 0.6 is 11.8 Å². The van der Waals surface area contributed by atoms with E-state index in [0.29, 0.717) is 22.5 Å². The van der Waals surface area contributed by atoms with Gasteiger partial charge in [0, 0.05) is 24.1 Å². The second kappa shape index (κ2) is 7.04. The molecular weight excluding hydrogens is 314 g/mol. The number of hydrogen-bond acceptors (Lipinski definition) is 5. The molecule has 0 fully saturated rings. The fourth-order valence-electron chi connectivity index (χ4n) is 2.44. The highest BCUT2D eigenvalue weighted by molar-refractivity contribution is 7.99. The van der Waals surface area contributed by atoms with Crippen molar-refractivity contribution in [2.75, 3.05) is 12.9 Å². The highest BCUT2D eigenvalue weighted by Gasteiger charge is 2.22. The first-order chi connectivity index (χ1) is 10.9. The summed E-state index contributed by atoms with van der Waals surface area (Å²) in [5.74, 6) is -0.243. The summed E-state index contributed by atoms with van der Waals surface area (Å²) < 4.78 is 6.78. The van der Waals surface area contributed by atoms with Crippen molar-refractivity contribution >= 4 is 23.5 Å². The third-order valence-electron chi connectivity index (χ3n) is 3.63. The Morgan fingerprint density at radius 2 is 2.09 bits per heavy atom. The molecule has 0 saturated carbocycles. The van der Waals surface area contributed by atoms with Gasteiger partial charge in [0.05, 0.1) is 24.1 Å². The van der Waals surface area contributed by atoms with Gasteiger partial charge in [0.15, 0.2) is 10.9 Å². The van der Waals surface area contributed by atoms with Crippen LogP contribution in [-0.2, 0) is 4.74 Å². The van der Waals surface area contributed by atoms with Gasteiger partial charge in [-0.05, 0) is 33.3 Å². The topological polar surface area (TPSA) is 77.0 Å². The summed E-state index contributed by atoms with van der Waals surface area (Å²) in [6.07, 6.45) is 3.63. The van der Waals surface area contributed by atoms with Crippen LogP contribution in [0.3, 0.4) is 0 Å². The van der Waals surface area contributed by atoms with Crippen LogP contribution in [0, 0.1) is 13.8 Å². The Hall–Kier alpha value is -2.02. The lowest BCUT2D eigenvalue weighted by Crippen LogP contribution is -2.08. The molecule has 0 atom stereocenters. The summed E-state index contributed by atoms with van der Waals surface area (Å²) in [6.45, 7) is 7.64. The molecule has 0 aliphatic heterocycles. The van der Waals surface area contributed by atoms with Crippen molar-refractivity contribution in [2.24, 2.45) is 0 Å². The molecule has 0 unspecified atom stereocenters. The molecular formula is C16H21N3O3S. The van der Waals surface area contributed by atoms with Gasteiger partial charge in [-0.15, -0.1) is 0 Å². The summed E-state index contributed by atoms with van der Waals surface area (Å²) >= 11 is 1.39. The first kappa shape index (κ1) is 17.3. The van der Waals surface area contributed by atoms with Gasteiger partial charge in [-0.25, -0.2) is 9.78 Å². The van der Waals surface area contributed by atoms with Crippen LogP contribution in [0.5, 0.6) is 0 Å². The number of ether oxygens (including phenoxy) is 1. The van der Waals surface area contributed by atoms with Gasteiger partial charge in [-0.3, -0.25) is 4.79 Å². The largest absolute Gasteiger partial charge is 0.465 e. The van der Waals surface area contributed by atoms with Crippen LogP contribution in [0.1, 0.15) is 52.0 Å². The third kappa shape index (κ3) is 3.50. The van der Waals surface area contributed by atoms with E-state index < -0.39 is 5.97 Å². The molecule has 0 radical (unpaired) electrons. The average Bonchev–Trinajstić information content (AvgIpc) is 3.09. The van der Waals surface area contributed by atoms with Crippen LogP contribution in [0.2, 0.25) is 0 Å². The van der Waals surface area contributed by atoms with Crippen molar-refractivity contribution in [3.63, 3.8) is 0 Å². The zero-order chi connectivity index (χ0) is 17.1. The number of H-pyrrole nitrogens is 1. The van der Waals surface area contributed by atoms with E-state index in [1.165, 1.54) is 18.9 Å². The molecule has 0 spiro atoms. The fourth-order valence-corrected chi connectivity index (χ4v) is 3.40. The van der Waals surface area contributed by atoms with Gasteiger partial charge in [0.2, 0.25) is 0 Å². The molecule has 0 aromatic carbocycles. The fraction of sp³-hybridized carbons (Fsp3) is 0.438. The van der Waals surface area contributed by atoms with Crippen molar-refractivity contribution in [2.45, 2.75) is 38.9 Å². The molecule has 23 heavy (non-hydrogen) atoms. The number of methoxy groups -OCH3 is 1. The van der Waals surface area contributed by atoms with Crippen molar-refractivity contribution < 1.29 is 14.3 Å². The number of imidazole rings is 1. The molecule has 124 valence electrons. The lowest BCUT2D eigenvalue weighted by atomic mass is 10.1. The Labute approximate surface area is 139 Å². The van der Waals surface area contributed by atoms with Crippen molar-refractivity contribution in [3.8, 4) is 0 Å². The molecule has 0 bridgehead atoms. The van der Waals surface area contributed by atoms with Crippen molar-refractivity contribution in [3.05, 3.63) is 34.9 Å². The number of esters is 1. The number of hydrogen-bond donors (Lipinski definition) is 1. The average molecular weight is 335 g/mol. The van der Waals surface area contributed by atoms with E-state index in [2.05, 4.69) is 23.8 Å². The monoisotopic (exact) mass is 335 g/mol. The van der Waals surface area contributed by atoms with E-state index in [1.807, 2.05) is 10.8 Å². The quantitative estimate of drug-likeness (QED) is 0.498. The predicted octanol–water partition coefficient (Wildman–Crippen LogP) is 3.17. The minimum atomic E-state index is -0.432. The van der Waals surface area contributed by atoms with Crippen molar-refractivity contribution in [1.29, 1.82) is 0 Å². The number of thioether (sulfide) groups is 1. The van der Waals surface area contributed by atoms with Crippen molar-refractivity contribution in [1.82, 2.24) is 14.5 Å². The molecule has 0 aliphatic rings. The first-order valence-electron chi connectivity index (χ1n) is 7.33. The van der Waals surface area contributed by atoms with E-state index >= 15 is 0 Å². The smallest absolute Gasteiger partial charge is 0.339 e. The summed E-state index contributed by atoms with van der Waals surface area (Å²) in [5, 5.41) is 0.808. The minimum Gasteiger partial charge on any atom is -0.465 e. The number of carbonyl (C=O) groups excluding carboxylic acids is 2. The molecule has 7 heteroatoms. The lowest BCUT2D eigenvalue weighted by molar-refractivity contribution is 0.0599. The zero-order valence-corrected chi connectivity index (χ0v) is 14.8. The van der Waals surface area contributed by atoms with Gasteiger partial charge in [0.25, 0.3) is 0 Å². The van der Waals surface area contributed by atoms with Crippen LogP contribution in [0.25, 0.3) is 0 Å². The maximum Gasteiger partial charge on any atom is 0.339 e. The SMILES string of the molecule is COC(=O)c1c(C)[nH]c(C(=O)CSc2nccn2C(C)C)c1C. The number of aryl methyl sites for hydroxylation is 1. The number of carbonyl (C=O) groups is 2. The molecule has 2 rings (SSSR count). The van der Waals surface area contributed by atoms with Gasteiger partial charge < -0.3 is 14.3 Å². The third-order valence-corrected chi connectivity index (χ3v) is 4.61. The summed E-state index contributed by atoms with van der Waals surface area (Å²) in [4.78, 5) is 31.5. The van der Waals surface area contributed by atoms with E-state index in [0.717, 1.165) is 5.16 Å². The maximum absolute atomic E-state index is 12.5. The molecule has 6 nitrogen and oxygen atoms in total. The molecule has 2 aromatic rings. The summed E-state index contributed by atoms with van der Waals surface area (Å²) in [6, 6.07) is 0.287. The van der Waals surface area contributed by atoms with Crippen LogP contribution in [0.4, 0.5) is 0 Å². The number of aromatic nitrogens is 3. The summed E-state index contributed by atoms with van der Waals surface area (Å²) in [7, 11) is 1.33. The highest BCUT2D eigenvalue weighted by Crippen LogP contribution is 2.24. The molecule has 0 saturated heterocycles. The second-order valence-corrected chi connectivity index (χ2v) is 6.48. The number of nitrogens with zero attached hydrogens (tertiary/aromatic N) is 2. The molecule has 2 aromatic heterocycles. The Morgan fingerprint density at radius 3 is 2.70 bits per heavy atom. The minimum absolute atomic E-state index is 0.0657. The standard InChI is InChI=1S/C16H21N3O3S/c1-9(2)19-7-6-17-16(19)23-8-12(20)14-10(3)13(11(4)18-14)15(21)22-5/h6-7,9,18H,8H2,1-5H3. The Bertz CT molecular complexity index is 731. The van der Waals surface area contributed by atoms with Gasteiger partial charge in [-0.2, -0.15) is 0 Å². The summed E-state index contributed by atoms with van der Waals surface area (Å²) in [5.41, 5.74) is 2.17. The van der Waals surface area contributed by atoms with Gasteiger partial charge >= 0.3 is 5.97 Å². The lowest BCUT2D eigenvalue weighted by Gasteiger charge is -2.10. The normalized spacial score (nSPS) is 11.0. The van der Waals surface area contributed by atoms with E-state index in [4.69, 9.17) is 4.74 Å². The Balaban J connectivity index is 2.16. The Morgan fingerprint density at radius 1 is 1.39 bits per heavy atom. The first-order valence-corrected chi connectivity index (χ1v) is 8.31. The molecule has 2 heterocycles. The zero-order valence-electron chi connectivity index (χ0n) is 14.0. The van der Waals surface area contributed by atoms with Crippen LogP contribution < -0.4 is 0 Å².